The molecule has 1 heterocycles. The van der Waals surface area contributed by atoms with Crippen LogP contribution in [0.3, 0.4) is 0 Å². The second kappa shape index (κ2) is 7.65. The van der Waals surface area contributed by atoms with Crippen LogP contribution < -0.4 is 5.32 Å². The van der Waals surface area contributed by atoms with Crippen LogP contribution in [0.4, 0.5) is 0 Å². The largest absolute Gasteiger partial charge is 0.460 e. The fourth-order valence-electron chi connectivity index (χ4n) is 1.64. The maximum atomic E-state index is 11.3. The smallest absolute Gasteiger partial charge is 0.374 e. The Hall–Kier alpha value is -0.610. The molecule has 0 bridgehead atoms. The van der Waals surface area contributed by atoms with Crippen molar-refractivity contribution in [3.63, 3.8) is 0 Å². The van der Waals surface area contributed by atoms with Crippen LogP contribution in [-0.2, 0) is 14.3 Å². The number of carbonyl (C=O) groups excluding carboxylic acids is 2. The first-order valence-corrected chi connectivity index (χ1v) is 5.14. The van der Waals surface area contributed by atoms with E-state index in [1.54, 1.807) is 6.92 Å². The number of carbonyl (C=O) groups is 2. The van der Waals surface area contributed by atoms with Gasteiger partial charge in [-0.3, -0.25) is 4.79 Å². The van der Waals surface area contributed by atoms with E-state index in [0.717, 1.165) is 25.9 Å². The van der Waals surface area contributed by atoms with E-state index in [0.29, 0.717) is 12.3 Å². The molecule has 5 heteroatoms. The zero-order valence-electron chi connectivity index (χ0n) is 8.95. The number of nitrogens with one attached hydrogen (secondary N) is 1. The third-order valence-electron chi connectivity index (χ3n) is 2.44. The van der Waals surface area contributed by atoms with Crippen LogP contribution in [0.2, 0.25) is 0 Å². The number of piperidine rings is 1. The van der Waals surface area contributed by atoms with Gasteiger partial charge in [-0.25, -0.2) is 4.79 Å². The molecular formula is C10H18ClNO3. The Bertz CT molecular complexity index is 215. The lowest BCUT2D eigenvalue weighted by Crippen LogP contribution is -2.30. The Morgan fingerprint density at radius 2 is 1.93 bits per heavy atom. The number of ketones is 1. The summed E-state index contributed by atoms with van der Waals surface area (Å²) in [5, 5.41) is 3.21. The number of esters is 1. The minimum atomic E-state index is -0.675. The van der Waals surface area contributed by atoms with Gasteiger partial charge in [-0.1, -0.05) is 0 Å². The summed E-state index contributed by atoms with van der Waals surface area (Å²) in [4.78, 5) is 22.3. The number of ether oxygens (including phenoxy) is 1. The van der Waals surface area contributed by atoms with Crippen molar-refractivity contribution in [2.75, 3.05) is 19.7 Å². The summed E-state index contributed by atoms with van der Waals surface area (Å²) >= 11 is 0. The molecule has 0 aromatic rings. The molecule has 0 aliphatic carbocycles. The first-order chi connectivity index (χ1) is 6.74. The van der Waals surface area contributed by atoms with Crippen molar-refractivity contribution in [3.8, 4) is 0 Å². The molecular weight excluding hydrogens is 218 g/mol. The quantitative estimate of drug-likeness (QED) is 0.582. The highest BCUT2D eigenvalue weighted by molar-refractivity contribution is 6.33. The third-order valence-corrected chi connectivity index (χ3v) is 2.44. The second-order valence-corrected chi connectivity index (χ2v) is 3.54. The standard InChI is InChI=1S/C10H17NO3.ClH/c1-2-14-10(13)9(12)7-8-3-5-11-6-4-8;/h8,11H,2-7H2,1H3;1H. The number of rotatable bonds is 4. The van der Waals surface area contributed by atoms with E-state index in [9.17, 15) is 9.59 Å². The Labute approximate surface area is 96.2 Å². The van der Waals surface area contributed by atoms with E-state index in [1.165, 1.54) is 0 Å². The average molecular weight is 236 g/mol. The van der Waals surface area contributed by atoms with Crippen molar-refractivity contribution in [1.82, 2.24) is 5.32 Å². The SMILES string of the molecule is CCOC(=O)C(=O)CC1CCNCC1.Cl. The zero-order valence-corrected chi connectivity index (χ0v) is 9.77. The minimum absolute atomic E-state index is 0. The molecule has 4 nitrogen and oxygen atoms in total. The fraction of sp³-hybridized carbons (Fsp3) is 0.800. The molecule has 0 unspecified atom stereocenters. The van der Waals surface area contributed by atoms with Crippen LogP contribution in [-0.4, -0.2) is 31.4 Å². The Morgan fingerprint density at radius 3 is 2.47 bits per heavy atom. The Kier molecular flexibility index (Phi) is 7.34. The van der Waals surface area contributed by atoms with Gasteiger partial charge in [-0.2, -0.15) is 0 Å². The molecule has 15 heavy (non-hydrogen) atoms. The van der Waals surface area contributed by atoms with E-state index < -0.39 is 5.97 Å². The average Bonchev–Trinajstić information content (AvgIpc) is 2.19. The van der Waals surface area contributed by atoms with Gasteiger partial charge < -0.3 is 10.1 Å². The normalized spacial score (nSPS) is 16.6. The summed E-state index contributed by atoms with van der Waals surface area (Å²) in [6.45, 7) is 3.87. The van der Waals surface area contributed by atoms with Crippen molar-refractivity contribution < 1.29 is 14.3 Å². The molecule has 0 amide bonds. The highest BCUT2D eigenvalue weighted by atomic mass is 35.5. The number of halogens is 1. The maximum absolute atomic E-state index is 11.3. The van der Waals surface area contributed by atoms with Crippen molar-refractivity contribution in [2.45, 2.75) is 26.2 Å². The second-order valence-electron chi connectivity index (χ2n) is 3.54. The summed E-state index contributed by atoms with van der Waals surface area (Å²) < 4.78 is 4.64. The molecule has 1 rings (SSSR count). The van der Waals surface area contributed by atoms with Gasteiger partial charge in [0, 0.05) is 6.42 Å². The van der Waals surface area contributed by atoms with E-state index in [1.807, 2.05) is 0 Å². The zero-order chi connectivity index (χ0) is 10.4. The van der Waals surface area contributed by atoms with E-state index in [2.05, 4.69) is 10.1 Å². The van der Waals surface area contributed by atoms with Gasteiger partial charge in [-0.15, -0.1) is 12.4 Å². The van der Waals surface area contributed by atoms with Crippen LogP contribution >= 0.6 is 12.4 Å². The number of hydrogen-bond acceptors (Lipinski definition) is 4. The van der Waals surface area contributed by atoms with Crippen LogP contribution in [0, 0.1) is 5.92 Å². The molecule has 0 aromatic carbocycles. The fourth-order valence-corrected chi connectivity index (χ4v) is 1.64. The number of hydrogen-bond donors (Lipinski definition) is 1. The van der Waals surface area contributed by atoms with Crippen LogP contribution in [0.5, 0.6) is 0 Å². The summed E-state index contributed by atoms with van der Waals surface area (Å²) in [7, 11) is 0. The molecule has 0 aromatic heterocycles. The lowest BCUT2D eigenvalue weighted by atomic mass is 9.93. The van der Waals surface area contributed by atoms with E-state index in [4.69, 9.17) is 0 Å². The molecule has 0 radical (unpaired) electrons. The predicted octanol–water partition coefficient (Wildman–Crippen LogP) is 0.930. The summed E-state index contributed by atoms with van der Waals surface area (Å²) in [6.07, 6.45) is 2.30. The van der Waals surface area contributed by atoms with Gasteiger partial charge in [-0.05, 0) is 38.8 Å². The van der Waals surface area contributed by atoms with Gasteiger partial charge in [0.15, 0.2) is 0 Å². The topological polar surface area (TPSA) is 55.4 Å². The monoisotopic (exact) mass is 235 g/mol. The van der Waals surface area contributed by atoms with Crippen molar-refractivity contribution in [2.24, 2.45) is 5.92 Å². The van der Waals surface area contributed by atoms with Gasteiger partial charge >= 0.3 is 5.97 Å². The van der Waals surface area contributed by atoms with Gasteiger partial charge in [0.05, 0.1) is 6.61 Å². The summed E-state index contributed by atoms with van der Waals surface area (Å²) in [5.74, 6) is -0.696. The molecule has 0 spiro atoms. The van der Waals surface area contributed by atoms with Crippen molar-refractivity contribution in [3.05, 3.63) is 0 Å². The highest BCUT2D eigenvalue weighted by Gasteiger charge is 2.21. The first-order valence-electron chi connectivity index (χ1n) is 5.14. The molecule has 1 aliphatic rings. The highest BCUT2D eigenvalue weighted by Crippen LogP contribution is 2.16. The van der Waals surface area contributed by atoms with Gasteiger partial charge in [0.25, 0.3) is 0 Å². The Balaban J connectivity index is 0.00000196. The van der Waals surface area contributed by atoms with E-state index >= 15 is 0 Å². The van der Waals surface area contributed by atoms with Crippen LogP contribution in [0.15, 0.2) is 0 Å². The lowest BCUT2D eigenvalue weighted by molar-refractivity contribution is -0.154. The molecule has 1 N–H and O–H groups in total. The molecule has 1 saturated heterocycles. The van der Waals surface area contributed by atoms with Crippen LogP contribution in [0.1, 0.15) is 26.2 Å². The molecule has 0 saturated carbocycles. The molecule has 88 valence electrons. The van der Waals surface area contributed by atoms with Crippen molar-refractivity contribution >= 4 is 24.2 Å². The van der Waals surface area contributed by atoms with Crippen LogP contribution in [0.25, 0.3) is 0 Å². The molecule has 0 atom stereocenters. The molecule has 1 fully saturated rings. The third kappa shape index (κ3) is 5.14. The lowest BCUT2D eigenvalue weighted by Gasteiger charge is -2.21. The first kappa shape index (κ1) is 14.4. The van der Waals surface area contributed by atoms with Crippen molar-refractivity contribution in [1.29, 1.82) is 0 Å². The van der Waals surface area contributed by atoms with E-state index in [-0.39, 0.29) is 24.8 Å². The summed E-state index contributed by atoms with van der Waals surface area (Å²) in [6, 6.07) is 0. The number of Topliss-reactive ketones (excluding diaryl/α,β-unsaturated/α-hetero) is 1. The summed E-state index contributed by atoms with van der Waals surface area (Å²) in [5.41, 5.74) is 0. The Morgan fingerprint density at radius 1 is 1.33 bits per heavy atom. The van der Waals surface area contributed by atoms with Gasteiger partial charge in [0.2, 0.25) is 5.78 Å². The molecule has 1 aliphatic heterocycles. The maximum Gasteiger partial charge on any atom is 0.374 e. The van der Waals surface area contributed by atoms with Gasteiger partial charge in [0.1, 0.15) is 0 Å². The predicted molar refractivity (Wildman–Crippen MR) is 59.1 cm³/mol. The minimum Gasteiger partial charge on any atom is -0.460 e.